The Morgan fingerprint density at radius 1 is 0.226 bits per heavy atom. The Morgan fingerprint density at radius 2 is 0.349 bits per heavy atom. The van der Waals surface area contributed by atoms with E-state index < -0.39 is 9.85 Å². The SMILES string of the molecule is CBr.CCCC[N+](CC)(CCC)CCOC(=O)c1ccccc1.CCCC[N+](CC)(CCC)CCOC(=O)c1ccccc1.CCC[N+](CC)(CCC)CCOC(=O)c1ccccc1.CC[N+](CC)(CC)CCOC(=O)c1ccccc1.CC[N+](CC)(CC)CCOC(=O)c1ccccc1.CN.CN.CN.CN.C[N+](=O)[O-].C[N+](=O)[O-].C[N+](C)(C)CCOC(=O)c1ccccc1.C[N+](C)(C)CCOC(=O)c1ccccc1. The maximum atomic E-state index is 12.0. The van der Waals surface area contributed by atoms with Gasteiger partial charge in [-0.2, -0.15) is 0 Å². The lowest BCUT2D eigenvalue weighted by atomic mass is 10.2. The topological polar surface area (TPSA) is 374 Å². The largest absolute Gasteiger partial charge is 0.456 e. The van der Waals surface area contributed by atoms with Crippen molar-refractivity contribution in [3.8, 4) is 0 Å². The summed E-state index contributed by atoms with van der Waals surface area (Å²) in [6.07, 6.45) is 9.58. The maximum Gasteiger partial charge on any atom is 0.338 e. The monoisotopic (exact) mass is 2120 g/mol. The van der Waals surface area contributed by atoms with E-state index in [4.69, 9.17) is 53.4 Å². The fourth-order valence-electron chi connectivity index (χ4n) is 14.7. The predicted octanol–water partition coefficient (Wildman–Crippen LogP) is 18.9. The van der Waals surface area contributed by atoms with Gasteiger partial charge in [0.1, 0.15) is 92.1 Å². The molecule has 7 aromatic carbocycles. The van der Waals surface area contributed by atoms with Crippen LogP contribution in [0.15, 0.2) is 212 Å². The molecule has 0 amide bonds. The molecular weight excluding hydrogens is 1920 g/mol. The molecule has 830 valence electrons. The number of halogens is 1. The number of alkyl halides is 1. The number of nitro groups is 2. The summed E-state index contributed by atoms with van der Waals surface area (Å²) in [5, 5.41) is 17.6. The van der Waals surface area contributed by atoms with Gasteiger partial charge in [-0.3, -0.25) is 20.2 Å². The van der Waals surface area contributed by atoms with Crippen molar-refractivity contribution in [2.24, 2.45) is 22.9 Å². The first-order chi connectivity index (χ1) is 69.8. The Balaban J connectivity index is -0.000000301. The number of hydrogen-bond acceptors (Lipinski definition) is 22. The molecule has 0 spiro atoms. The quantitative estimate of drug-likeness (QED) is 0.00687. The highest BCUT2D eigenvalue weighted by molar-refractivity contribution is 9.08. The van der Waals surface area contributed by atoms with Crippen LogP contribution in [-0.2, 0) is 33.2 Å². The third-order valence-electron chi connectivity index (χ3n) is 23.9. The second-order valence-corrected chi connectivity index (χ2v) is 35.6. The number of hydrogen-bond donors (Lipinski definition) is 4. The van der Waals surface area contributed by atoms with E-state index >= 15 is 0 Å². The zero-order valence-corrected chi connectivity index (χ0v) is 97.0. The number of nitrogens with zero attached hydrogens (tertiary/aromatic N) is 9. The first-order valence-corrected chi connectivity index (χ1v) is 53.6. The summed E-state index contributed by atoms with van der Waals surface area (Å²) in [4.78, 5) is 99.0. The highest BCUT2D eigenvalue weighted by Gasteiger charge is 2.29. The molecule has 7 aromatic rings. The first kappa shape index (κ1) is 149. The molecule has 2 atom stereocenters. The van der Waals surface area contributed by atoms with Crippen LogP contribution in [0.4, 0.5) is 0 Å². The lowest BCUT2D eigenvalue weighted by molar-refractivity contribution is -0.926. The van der Waals surface area contributed by atoms with Crippen LogP contribution < -0.4 is 22.9 Å². The Labute approximate surface area is 890 Å². The highest BCUT2D eigenvalue weighted by Crippen LogP contribution is 2.18. The van der Waals surface area contributed by atoms with Crippen molar-refractivity contribution < 1.29 is 108 Å². The van der Waals surface area contributed by atoms with Gasteiger partial charge in [0.15, 0.2) is 14.1 Å². The molecule has 2 unspecified atom stereocenters. The number of carbonyl (C=O) groups is 7. The second-order valence-electron chi connectivity index (χ2n) is 35.6. The van der Waals surface area contributed by atoms with Crippen LogP contribution in [0.2, 0.25) is 0 Å². The molecule has 0 aliphatic heterocycles. The predicted molar refractivity (Wildman–Crippen MR) is 605 cm³/mol. The second kappa shape index (κ2) is 95.6. The number of ether oxygens (including phenoxy) is 7. The Hall–Kier alpha value is -10.3. The van der Waals surface area contributed by atoms with Gasteiger partial charge >= 0.3 is 41.8 Å². The van der Waals surface area contributed by atoms with Gasteiger partial charge in [-0.25, -0.2) is 33.6 Å². The number of quaternary nitrogens is 7. The Morgan fingerprint density at radius 3 is 0.466 bits per heavy atom. The highest BCUT2D eigenvalue weighted by atomic mass is 79.9. The van der Waals surface area contributed by atoms with E-state index in [0.717, 1.165) is 163 Å². The van der Waals surface area contributed by atoms with Gasteiger partial charge in [-0.15, -0.1) is 0 Å². The molecule has 8 N–H and O–H groups in total. The minimum atomic E-state index is -0.500. The minimum Gasteiger partial charge on any atom is -0.456 e. The van der Waals surface area contributed by atoms with Crippen molar-refractivity contribution >= 4 is 57.7 Å². The van der Waals surface area contributed by atoms with Crippen LogP contribution in [0, 0.1) is 20.2 Å². The van der Waals surface area contributed by atoms with Gasteiger partial charge in [0.25, 0.3) is 0 Å². The number of likely N-dealkylation sites (N-methyl/N-ethyl adjacent to an activating group) is 7. The van der Waals surface area contributed by atoms with E-state index in [0.29, 0.717) is 85.2 Å². The van der Waals surface area contributed by atoms with Crippen LogP contribution in [-0.4, -0.2) is 364 Å². The molecule has 7 rings (SSSR count). The number of nitrogens with two attached hydrogens (primary N) is 4. The Bertz CT molecular complexity index is 4000. The average molecular weight is 2120 g/mol. The molecule has 0 bridgehead atoms. The van der Waals surface area contributed by atoms with Crippen LogP contribution in [0.5, 0.6) is 0 Å². The van der Waals surface area contributed by atoms with Crippen molar-refractivity contribution in [2.75, 3.05) is 281 Å². The van der Waals surface area contributed by atoms with Crippen LogP contribution >= 0.6 is 15.9 Å². The molecule has 0 radical (unpaired) electrons. The van der Waals surface area contributed by atoms with E-state index in [1.807, 2.05) is 133 Å². The summed E-state index contributed by atoms with van der Waals surface area (Å²) in [6.45, 7) is 59.6. The molecule has 0 aromatic heterocycles. The summed E-state index contributed by atoms with van der Waals surface area (Å²) in [5.41, 5.74) is 22.4. The van der Waals surface area contributed by atoms with Crippen molar-refractivity contribution in [3.63, 3.8) is 0 Å². The maximum absolute atomic E-state index is 12.0. The fourth-order valence-corrected chi connectivity index (χ4v) is 14.7. The van der Waals surface area contributed by atoms with Crippen molar-refractivity contribution in [1.82, 2.24) is 0 Å². The zero-order chi connectivity index (χ0) is 113. The van der Waals surface area contributed by atoms with Gasteiger partial charge in [-0.05, 0) is 220 Å². The van der Waals surface area contributed by atoms with E-state index in [9.17, 15) is 33.6 Å². The molecule has 0 saturated heterocycles. The fraction of sp³-hybridized carbons (Fsp3) is 0.570. The van der Waals surface area contributed by atoms with Gasteiger partial charge in [0.2, 0.25) is 0 Å². The van der Waals surface area contributed by atoms with Crippen molar-refractivity contribution in [1.29, 1.82) is 0 Å². The zero-order valence-electron chi connectivity index (χ0n) is 95.4. The van der Waals surface area contributed by atoms with Gasteiger partial charge in [0, 0.05) is 9.85 Å². The molecule has 0 fully saturated rings. The molecule has 0 aliphatic rings. The average Bonchev–Trinajstić information content (AvgIpc) is 0.874. The number of carbonyl (C=O) groups excluding carboxylic acids is 7. The summed E-state index contributed by atoms with van der Waals surface area (Å²) >= 11 is 2.94. The number of rotatable bonds is 51. The normalized spacial score (nSPS) is 11.1. The van der Waals surface area contributed by atoms with Gasteiger partial charge in [-0.1, -0.05) is 198 Å². The summed E-state index contributed by atoms with van der Waals surface area (Å²) in [6, 6.07) is 64.1. The number of benzene rings is 7. The standard InChI is InChI=1S/2C18H30NO2.C17H28NO2.2C15H24NO2.2C12H18NO2.CH3Br.2CH3NO2.4CH5N/c2*1-4-7-14-19(6-3,13-5-2)15-16-21-18(20)17-11-9-8-10-12-17;1-4-12-18(6-3,13-5-2)14-15-20-17(19)16-10-8-7-9-11-16;2*1-4-16(5-2,6-3)12-13-18-15(17)14-10-8-7-9-11-14;2*1-13(2,3)9-10-15-12(14)11-7-5-4-6-8-11;1-2;2*1-2(3)4;4*1-2/h2*8-12H,4-7,13-16H2,1-3H3;7-11H,4-6,12-15H2,1-3H3;2*7-11H,4-6,12-13H2,1-3H3;2*4-8H,9-10H2,1-3H3;1H3;2*1H3;4*2H2,1H3/q7*+1;;;;;;;. The molecule has 0 aliphatic carbocycles. The minimum absolute atomic E-state index is 0.211. The van der Waals surface area contributed by atoms with E-state index in [2.05, 4.69) is 185 Å². The molecule has 0 heterocycles. The lowest BCUT2D eigenvalue weighted by Crippen LogP contribution is -2.51. The number of unbranched alkanes of at least 4 members (excludes halogenated alkanes) is 2. The third kappa shape index (κ3) is 76.2. The first-order valence-electron chi connectivity index (χ1n) is 52.1. The lowest BCUT2D eigenvalue weighted by Gasteiger charge is -2.37. The number of esters is 7. The van der Waals surface area contributed by atoms with Gasteiger partial charge in [0.05, 0.1) is 179 Å². The van der Waals surface area contributed by atoms with Crippen LogP contribution in [0.3, 0.4) is 0 Å². The van der Waals surface area contributed by atoms with Crippen molar-refractivity contribution in [2.45, 2.75) is 155 Å². The molecule has 146 heavy (non-hydrogen) atoms. The van der Waals surface area contributed by atoms with Crippen LogP contribution in [0.25, 0.3) is 0 Å². The Kier molecular flexibility index (Phi) is 97.3. The van der Waals surface area contributed by atoms with Crippen molar-refractivity contribution in [3.05, 3.63) is 271 Å². The third-order valence-corrected chi connectivity index (χ3v) is 23.9. The van der Waals surface area contributed by atoms with E-state index in [1.54, 1.807) is 84.9 Å². The molecule has 0 saturated carbocycles. The summed E-state index contributed by atoms with van der Waals surface area (Å²) in [5.74, 6) is 0.232. The summed E-state index contributed by atoms with van der Waals surface area (Å²) < 4.78 is 44.1. The van der Waals surface area contributed by atoms with E-state index in [1.165, 1.54) is 106 Å². The molecular formula is C114H201BrN13O18+7. The summed E-state index contributed by atoms with van der Waals surface area (Å²) in [7, 11) is 20.2. The smallest absolute Gasteiger partial charge is 0.338 e. The molecule has 31 nitrogen and oxygen atoms in total. The molecule has 32 heteroatoms. The van der Waals surface area contributed by atoms with Gasteiger partial charge < -0.3 is 87.5 Å². The van der Waals surface area contributed by atoms with Crippen LogP contribution in [0.1, 0.15) is 228 Å². The van der Waals surface area contributed by atoms with E-state index in [-0.39, 0.29) is 41.8 Å².